The lowest BCUT2D eigenvalue weighted by molar-refractivity contribution is 0.0564. The summed E-state index contributed by atoms with van der Waals surface area (Å²) in [5.41, 5.74) is 2.56. The van der Waals surface area contributed by atoms with E-state index in [1.165, 1.54) is 6.26 Å². The van der Waals surface area contributed by atoms with Crippen molar-refractivity contribution in [2.45, 2.75) is 18.9 Å². The van der Waals surface area contributed by atoms with Crippen LogP contribution in [0, 0.1) is 5.92 Å². The number of piperidine rings is 1. The summed E-state index contributed by atoms with van der Waals surface area (Å²) in [7, 11) is 0. The first kappa shape index (κ1) is 16.1. The van der Waals surface area contributed by atoms with Gasteiger partial charge in [-0.2, -0.15) is 0 Å². The van der Waals surface area contributed by atoms with Gasteiger partial charge in [-0.05, 0) is 42.7 Å². The highest BCUT2D eigenvalue weighted by Crippen LogP contribution is 2.36. The smallest absolute Gasteiger partial charge is 0.289 e. The Morgan fingerprint density at radius 2 is 2.04 bits per heavy atom. The first-order valence-corrected chi connectivity index (χ1v) is 9.17. The molecule has 0 N–H and O–H groups in total. The number of likely N-dealkylation sites (tertiary alicyclic amines) is 1. The molecule has 1 fully saturated rings. The summed E-state index contributed by atoms with van der Waals surface area (Å²) < 4.78 is 7.17. The van der Waals surface area contributed by atoms with E-state index in [1.807, 2.05) is 33.7 Å². The van der Waals surface area contributed by atoms with Gasteiger partial charge >= 0.3 is 0 Å². The van der Waals surface area contributed by atoms with Crippen molar-refractivity contribution in [1.82, 2.24) is 14.5 Å². The average Bonchev–Trinajstić information content (AvgIpc) is 3.23. The van der Waals surface area contributed by atoms with Crippen LogP contribution < -0.4 is 5.56 Å². The molecule has 2 aliphatic heterocycles. The minimum absolute atomic E-state index is 0.0287. The summed E-state index contributed by atoms with van der Waals surface area (Å²) >= 11 is 0. The zero-order valence-corrected chi connectivity index (χ0v) is 14.7. The van der Waals surface area contributed by atoms with Gasteiger partial charge in [-0.3, -0.25) is 14.6 Å². The Hall–Kier alpha value is -3.15. The Balaban J connectivity index is 1.49. The maximum absolute atomic E-state index is 13.1. The maximum Gasteiger partial charge on any atom is 0.289 e. The SMILES string of the molecule is O=C(c1ccco1)N1C[C@@H]2C[C@H](C1)c1ccc(-c3cccnc3)c(=O)n1C2. The second-order valence-corrected chi connectivity index (χ2v) is 7.32. The molecule has 2 aliphatic rings. The zero-order chi connectivity index (χ0) is 18.4. The summed E-state index contributed by atoms with van der Waals surface area (Å²) in [6.07, 6.45) is 5.95. The van der Waals surface area contributed by atoms with Gasteiger partial charge in [0.25, 0.3) is 11.5 Å². The van der Waals surface area contributed by atoms with Gasteiger partial charge in [-0.25, -0.2) is 0 Å². The Morgan fingerprint density at radius 1 is 1.11 bits per heavy atom. The third-order valence-corrected chi connectivity index (χ3v) is 5.60. The van der Waals surface area contributed by atoms with Crippen LogP contribution in [-0.2, 0) is 6.54 Å². The van der Waals surface area contributed by atoms with Gasteiger partial charge in [0.2, 0.25) is 0 Å². The molecule has 0 aliphatic carbocycles. The molecule has 0 spiro atoms. The third-order valence-electron chi connectivity index (χ3n) is 5.60. The van der Waals surface area contributed by atoms with Crippen LogP contribution in [0.4, 0.5) is 0 Å². The Bertz CT molecular complexity index is 1040. The van der Waals surface area contributed by atoms with Gasteiger partial charge in [0.05, 0.1) is 6.26 Å². The molecular weight excluding hydrogens is 342 g/mol. The maximum atomic E-state index is 13.1. The normalized spacial score (nSPS) is 21.0. The van der Waals surface area contributed by atoms with Crippen LogP contribution in [0.2, 0.25) is 0 Å². The summed E-state index contributed by atoms with van der Waals surface area (Å²) in [5.74, 6) is 0.751. The fourth-order valence-corrected chi connectivity index (χ4v) is 4.41. The highest BCUT2D eigenvalue weighted by atomic mass is 16.3. The lowest BCUT2D eigenvalue weighted by Gasteiger charge is -2.42. The van der Waals surface area contributed by atoms with Crippen molar-refractivity contribution >= 4 is 5.91 Å². The summed E-state index contributed by atoms with van der Waals surface area (Å²) in [6.45, 7) is 1.90. The predicted octanol–water partition coefficient (Wildman–Crippen LogP) is 2.76. The molecule has 1 saturated heterocycles. The molecule has 0 aromatic carbocycles. The average molecular weight is 361 g/mol. The molecule has 5 heterocycles. The summed E-state index contributed by atoms with van der Waals surface area (Å²) in [6, 6.07) is 11.1. The highest BCUT2D eigenvalue weighted by Gasteiger charge is 2.37. The van der Waals surface area contributed by atoms with Gasteiger partial charge in [-0.15, -0.1) is 0 Å². The number of carbonyl (C=O) groups is 1. The molecule has 3 aromatic rings. The summed E-state index contributed by atoms with van der Waals surface area (Å²) in [5, 5.41) is 0. The molecule has 5 rings (SSSR count). The van der Waals surface area contributed by atoms with Crippen LogP contribution in [0.3, 0.4) is 0 Å². The number of hydrogen-bond donors (Lipinski definition) is 0. The summed E-state index contributed by atoms with van der Waals surface area (Å²) in [4.78, 5) is 31.7. The van der Waals surface area contributed by atoms with Crippen molar-refractivity contribution in [3.8, 4) is 11.1 Å². The number of nitrogens with zero attached hydrogens (tertiary/aromatic N) is 3. The minimum Gasteiger partial charge on any atom is -0.459 e. The molecule has 3 aromatic heterocycles. The number of amides is 1. The molecule has 0 unspecified atom stereocenters. The van der Waals surface area contributed by atoms with Gasteiger partial charge in [0.1, 0.15) is 0 Å². The number of carbonyl (C=O) groups excluding carboxylic acids is 1. The Morgan fingerprint density at radius 3 is 2.81 bits per heavy atom. The zero-order valence-electron chi connectivity index (χ0n) is 14.7. The molecule has 0 saturated carbocycles. The van der Waals surface area contributed by atoms with Gasteiger partial charge in [0, 0.05) is 54.8 Å². The van der Waals surface area contributed by atoms with E-state index in [2.05, 4.69) is 4.98 Å². The molecule has 2 bridgehead atoms. The van der Waals surface area contributed by atoms with Crippen molar-refractivity contribution in [3.05, 3.63) is 76.9 Å². The molecular formula is C21H19N3O3. The van der Waals surface area contributed by atoms with Crippen molar-refractivity contribution < 1.29 is 9.21 Å². The lowest BCUT2D eigenvalue weighted by atomic mass is 9.82. The van der Waals surface area contributed by atoms with Crippen LogP contribution in [0.5, 0.6) is 0 Å². The molecule has 2 atom stereocenters. The second kappa shape index (κ2) is 6.23. The topological polar surface area (TPSA) is 68.3 Å². The van der Waals surface area contributed by atoms with Crippen LogP contribution >= 0.6 is 0 Å². The molecule has 1 amide bonds. The fraction of sp³-hybridized carbons (Fsp3) is 0.286. The number of rotatable bonds is 2. The van der Waals surface area contributed by atoms with Gasteiger partial charge in [0.15, 0.2) is 5.76 Å². The van der Waals surface area contributed by atoms with Crippen molar-refractivity contribution in [2.75, 3.05) is 13.1 Å². The van der Waals surface area contributed by atoms with E-state index in [0.717, 1.165) is 17.7 Å². The molecule has 6 heteroatoms. The van der Waals surface area contributed by atoms with E-state index in [-0.39, 0.29) is 23.3 Å². The fourth-order valence-electron chi connectivity index (χ4n) is 4.41. The van der Waals surface area contributed by atoms with E-state index in [4.69, 9.17) is 4.42 Å². The van der Waals surface area contributed by atoms with Crippen molar-refractivity contribution in [3.63, 3.8) is 0 Å². The Labute approximate surface area is 156 Å². The largest absolute Gasteiger partial charge is 0.459 e. The minimum atomic E-state index is -0.0718. The highest BCUT2D eigenvalue weighted by molar-refractivity contribution is 5.91. The van der Waals surface area contributed by atoms with E-state index in [0.29, 0.717) is 31.0 Å². The molecule has 136 valence electrons. The monoisotopic (exact) mass is 361 g/mol. The third kappa shape index (κ3) is 2.68. The number of pyridine rings is 2. The molecule has 27 heavy (non-hydrogen) atoms. The quantitative estimate of drug-likeness (QED) is 0.704. The number of fused-ring (bicyclic) bond motifs is 4. The van der Waals surface area contributed by atoms with Crippen molar-refractivity contribution in [2.24, 2.45) is 5.92 Å². The van der Waals surface area contributed by atoms with Crippen molar-refractivity contribution in [1.29, 1.82) is 0 Å². The molecule has 0 radical (unpaired) electrons. The lowest BCUT2D eigenvalue weighted by Crippen LogP contribution is -2.49. The first-order valence-electron chi connectivity index (χ1n) is 9.17. The van der Waals surface area contributed by atoms with Crippen LogP contribution in [-0.4, -0.2) is 33.4 Å². The van der Waals surface area contributed by atoms with Gasteiger partial charge < -0.3 is 13.9 Å². The van der Waals surface area contributed by atoms with Crippen LogP contribution in [0.1, 0.15) is 28.6 Å². The number of hydrogen-bond acceptors (Lipinski definition) is 4. The number of furan rings is 1. The second-order valence-electron chi connectivity index (χ2n) is 7.32. The number of aromatic nitrogens is 2. The van der Waals surface area contributed by atoms with E-state index in [1.54, 1.807) is 24.5 Å². The van der Waals surface area contributed by atoms with E-state index < -0.39 is 0 Å². The van der Waals surface area contributed by atoms with E-state index in [9.17, 15) is 9.59 Å². The van der Waals surface area contributed by atoms with E-state index >= 15 is 0 Å². The molecule has 6 nitrogen and oxygen atoms in total. The first-order chi connectivity index (χ1) is 13.2. The van der Waals surface area contributed by atoms with Gasteiger partial charge in [-0.1, -0.05) is 6.07 Å². The predicted molar refractivity (Wildman–Crippen MR) is 99.4 cm³/mol. The Kier molecular flexibility index (Phi) is 3.70. The van der Waals surface area contributed by atoms with Crippen LogP contribution in [0.15, 0.2) is 64.3 Å². The standard InChI is InChI=1S/C21H19N3O3/c25-20-17(15-3-1-7-22-10-15)5-6-18-16-9-14(12-24(18)20)11-23(13-16)21(26)19-4-2-8-27-19/h1-8,10,14,16H,9,11-13H2/t14-,16+/m0/s1. The van der Waals surface area contributed by atoms with Crippen LogP contribution in [0.25, 0.3) is 11.1 Å².